The number of anilines is 1. The van der Waals surface area contributed by atoms with Crippen molar-refractivity contribution < 1.29 is 0 Å². The number of nitrogens with zero attached hydrogens (tertiary/aromatic N) is 2. The van der Waals surface area contributed by atoms with Gasteiger partial charge in [0.1, 0.15) is 6.07 Å². The van der Waals surface area contributed by atoms with E-state index in [0.717, 1.165) is 10.2 Å². The molecule has 0 radical (unpaired) electrons. The van der Waals surface area contributed by atoms with Gasteiger partial charge in [0.15, 0.2) is 0 Å². The fourth-order valence-corrected chi connectivity index (χ4v) is 1.79. The Hall–Kier alpha value is -1.53. The average molecular weight is 277 g/mol. The fraction of sp³-hybridized carbons (Fsp3) is 0.154. The summed E-state index contributed by atoms with van der Waals surface area (Å²) in [7, 11) is 0. The highest BCUT2D eigenvalue weighted by Gasteiger charge is 2.09. The molecule has 0 aromatic heterocycles. The lowest BCUT2D eigenvalue weighted by molar-refractivity contribution is 0.953. The summed E-state index contributed by atoms with van der Waals surface area (Å²) < 4.78 is 0.958. The number of halogens is 1. The van der Waals surface area contributed by atoms with E-state index in [0.29, 0.717) is 18.7 Å². The average Bonchev–Trinajstić information content (AvgIpc) is 2.29. The molecule has 0 saturated heterocycles. The molecule has 0 aliphatic carbocycles. The van der Waals surface area contributed by atoms with Crippen molar-refractivity contribution in [1.29, 1.82) is 5.26 Å². The predicted molar refractivity (Wildman–Crippen MR) is 71.5 cm³/mol. The third-order valence-corrected chi connectivity index (χ3v) is 2.61. The summed E-state index contributed by atoms with van der Waals surface area (Å²) in [5.74, 6) is 0. The molecule has 0 aliphatic rings. The van der Waals surface area contributed by atoms with E-state index in [4.69, 9.17) is 5.26 Å². The summed E-state index contributed by atoms with van der Waals surface area (Å²) in [4.78, 5) is 2.04. The number of benzene rings is 1. The Morgan fingerprint density at radius 2 is 1.94 bits per heavy atom. The quantitative estimate of drug-likeness (QED) is 0.770. The van der Waals surface area contributed by atoms with Crippen LogP contribution in [0.15, 0.2) is 48.0 Å². The molecule has 1 aromatic rings. The summed E-state index contributed by atoms with van der Waals surface area (Å²) in [6, 6.07) is 7.79. The third kappa shape index (κ3) is 2.98. The van der Waals surface area contributed by atoms with Gasteiger partial charge in [0, 0.05) is 17.6 Å². The van der Waals surface area contributed by atoms with E-state index in [9.17, 15) is 0 Å². The lowest BCUT2D eigenvalue weighted by Gasteiger charge is -2.22. The molecule has 0 bridgehead atoms. The van der Waals surface area contributed by atoms with E-state index in [1.165, 1.54) is 0 Å². The van der Waals surface area contributed by atoms with Gasteiger partial charge in [-0.15, -0.1) is 13.2 Å². The van der Waals surface area contributed by atoms with E-state index in [-0.39, 0.29) is 0 Å². The van der Waals surface area contributed by atoms with Gasteiger partial charge in [0.05, 0.1) is 11.3 Å². The third-order valence-electron chi connectivity index (χ3n) is 2.12. The number of hydrogen-bond acceptors (Lipinski definition) is 2. The van der Waals surface area contributed by atoms with Crippen LogP contribution in [-0.2, 0) is 0 Å². The molecular weight excluding hydrogens is 264 g/mol. The van der Waals surface area contributed by atoms with Crippen LogP contribution < -0.4 is 4.90 Å². The summed E-state index contributed by atoms with van der Waals surface area (Å²) in [6.45, 7) is 8.81. The van der Waals surface area contributed by atoms with Gasteiger partial charge in [0.2, 0.25) is 0 Å². The zero-order valence-electron chi connectivity index (χ0n) is 8.99. The van der Waals surface area contributed by atoms with Crippen molar-refractivity contribution >= 4 is 21.6 Å². The Bertz CT molecular complexity index is 422. The van der Waals surface area contributed by atoms with Gasteiger partial charge in [-0.1, -0.05) is 28.1 Å². The van der Waals surface area contributed by atoms with Crippen LogP contribution in [0.5, 0.6) is 0 Å². The van der Waals surface area contributed by atoms with Crippen LogP contribution in [0.4, 0.5) is 5.69 Å². The van der Waals surface area contributed by atoms with Crippen LogP contribution in [0.25, 0.3) is 0 Å². The van der Waals surface area contributed by atoms with Gasteiger partial charge < -0.3 is 4.90 Å². The number of hydrogen-bond donors (Lipinski definition) is 0. The minimum atomic E-state index is 0.659. The largest absolute Gasteiger partial charge is 0.363 e. The van der Waals surface area contributed by atoms with Crippen LogP contribution in [0.1, 0.15) is 5.56 Å². The highest BCUT2D eigenvalue weighted by Crippen LogP contribution is 2.24. The normalized spacial score (nSPS) is 9.25. The van der Waals surface area contributed by atoms with E-state index >= 15 is 0 Å². The molecule has 0 spiro atoms. The van der Waals surface area contributed by atoms with E-state index in [2.05, 4.69) is 35.2 Å². The van der Waals surface area contributed by atoms with Crippen molar-refractivity contribution in [1.82, 2.24) is 0 Å². The minimum absolute atomic E-state index is 0.659. The number of rotatable bonds is 5. The standard InChI is InChI=1S/C13H13BrN2/c1-3-7-16(8-4-2)13-9-12(14)6-5-11(13)10-15/h3-6,9H,1-2,7-8H2. The second kappa shape index (κ2) is 6.14. The maximum absolute atomic E-state index is 9.05. The maximum atomic E-state index is 9.05. The SMILES string of the molecule is C=CCN(CC=C)c1cc(Br)ccc1C#N. The summed E-state index contributed by atoms with van der Waals surface area (Å²) in [5.41, 5.74) is 1.56. The zero-order chi connectivity index (χ0) is 12.0. The van der Waals surface area contributed by atoms with Crippen molar-refractivity contribution in [2.45, 2.75) is 0 Å². The van der Waals surface area contributed by atoms with Gasteiger partial charge in [-0.05, 0) is 18.2 Å². The molecule has 0 N–H and O–H groups in total. The summed E-state index contributed by atoms with van der Waals surface area (Å²) >= 11 is 3.41. The van der Waals surface area contributed by atoms with Gasteiger partial charge in [-0.3, -0.25) is 0 Å². The molecule has 0 fully saturated rings. The smallest absolute Gasteiger partial charge is 0.101 e. The first-order valence-electron chi connectivity index (χ1n) is 4.89. The molecule has 1 rings (SSSR count). The highest BCUT2D eigenvalue weighted by atomic mass is 79.9. The van der Waals surface area contributed by atoms with Crippen molar-refractivity contribution in [3.05, 3.63) is 53.5 Å². The molecule has 0 unspecified atom stereocenters. The maximum Gasteiger partial charge on any atom is 0.101 e. The van der Waals surface area contributed by atoms with E-state index < -0.39 is 0 Å². The predicted octanol–water partition coefficient (Wildman–Crippen LogP) is 3.50. The second-order valence-electron chi connectivity index (χ2n) is 3.26. The van der Waals surface area contributed by atoms with Gasteiger partial charge in [0.25, 0.3) is 0 Å². The topological polar surface area (TPSA) is 27.0 Å². The lowest BCUT2D eigenvalue weighted by atomic mass is 10.1. The van der Waals surface area contributed by atoms with Crippen molar-refractivity contribution in [3.8, 4) is 6.07 Å². The van der Waals surface area contributed by atoms with Crippen LogP contribution in [0, 0.1) is 11.3 Å². The van der Waals surface area contributed by atoms with Crippen LogP contribution in [-0.4, -0.2) is 13.1 Å². The monoisotopic (exact) mass is 276 g/mol. The molecule has 0 aliphatic heterocycles. The van der Waals surface area contributed by atoms with Crippen LogP contribution in [0.3, 0.4) is 0 Å². The lowest BCUT2D eigenvalue weighted by Crippen LogP contribution is -2.23. The first-order valence-corrected chi connectivity index (χ1v) is 5.68. The second-order valence-corrected chi connectivity index (χ2v) is 4.17. The summed E-state index contributed by atoms with van der Waals surface area (Å²) in [5, 5.41) is 9.05. The summed E-state index contributed by atoms with van der Waals surface area (Å²) in [6.07, 6.45) is 3.62. The molecule has 0 amide bonds. The van der Waals surface area contributed by atoms with Crippen molar-refractivity contribution in [2.75, 3.05) is 18.0 Å². The van der Waals surface area contributed by atoms with E-state index in [1.807, 2.05) is 29.2 Å². The van der Waals surface area contributed by atoms with Crippen molar-refractivity contribution in [2.24, 2.45) is 0 Å². The van der Waals surface area contributed by atoms with Crippen LogP contribution in [0.2, 0.25) is 0 Å². The molecule has 0 saturated carbocycles. The molecule has 3 heteroatoms. The van der Waals surface area contributed by atoms with Crippen LogP contribution >= 0.6 is 15.9 Å². The molecule has 0 atom stereocenters. The Morgan fingerprint density at radius 1 is 1.31 bits per heavy atom. The van der Waals surface area contributed by atoms with Gasteiger partial charge >= 0.3 is 0 Å². The Balaban J connectivity index is 3.15. The highest BCUT2D eigenvalue weighted by molar-refractivity contribution is 9.10. The molecule has 82 valence electrons. The number of nitriles is 1. The Kier molecular flexibility index (Phi) is 4.81. The Labute approximate surface area is 105 Å². The molecule has 16 heavy (non-hydrogen) atoms. The fourth-order valence-electron chi connectivity index (χ4n) is 1.44. The molecule has 0 heterocycles. The first kappa shape index (κ1) is 12.5. The minimum Gasteiger partial charge on any atom is -0.363 e. The van der Waals surface area contributed by atoms with Gasteiger partial charge in [-0.25, -0.2) is 0 Å². The van der Waals surface area contributed by atoms with E-state index in [1.54, 1.807) is 6.07 Å². The molecular formula is C13H13BrN2. The molecule has 1 aromatic carbocycles. The Morgan fingerprint density at radius 3 is 2.44 bits per heavy atom. The zero-order valence-corrected chi connectivity index (χ0v) is 10.6. The van der Waals surface area contributed by atoms with Crippen molar-refractivity contribution in [3.63, 3.8) is 0 Å². The molecule has 2 nitrogen and oxygen atoms in total. The van der Waals surface area contributed by atoms with Gasteiger partial charge in [-0.2, -0.15) is 5.26 Å². The first-order chi connectivity index (χ1) is 7.72.